The first-order valence-corrected chi connectivity index (χ1v) is 11.7. The Balaban J connectivity index is 1.72. The Kier molecular flexibility index (Phi) is 7.75. The summed E-state index contributed by atoms with van der Waals surface area (Å²) in [5.74, 6) is -1.44. The van der Waals surface area contributed by atoms with Gasteiger partial charge >= 0.3 is 6.18 Å². The van der Waals surface area contributed by atoms with Gasteiger partial charge in [-0.3, -0.25) is 14.5 Å². The van der Waals surface area contributed by atoms with E-state index in [1.807, 2.05) is 0 Å². The normalized spacial score (nSPS) is 15.5. The van der Waals surface area contributed by atoms with E-state index in [-0.39, 0.29) is 33.6 Å². The van der Waals surface area contributed by atoms with E-state index in [2.05, 4.69) is 10.3 Å². The van der Waals surface area contributed by atoms with E-state index in [0.29, 0.717) is 21.6 Å². The van der Waals surface area contributed by atoms with E-state index < -0.39 is 30.7 Å². The molecule has 0 bridgehead atoms. The van der Waals surface area contributed by atoms with Crippen LogP contribution in [0.1, 0.15) is 16.7 Å². The van der Waals surface area contributed by atoms with Gasteiger partial charge in [-0.05, 0) is 23.8 Å². The smallest absolute Gasteiger partial charge is 0.406 e. The second-order valence-electron chi connectivity index (χ2n) is 8.14. The van der Waals surface area contributed by atoms with Crippen LogP contribution in [0, 0.1) is 0 Å². The zero-order valence-electron chi connectivity index (χ0n) is 19.4. The minimum atomic E-state index is -4.69. The largest absolute Gasteiger partial charge is 0.494 e. The van der Waals surface area contributed by atoms with Crippen molar-refractivity contribution in [3.05, 3.63) is 93.5 Å². The molecule has 1 atom stereocenters. The maximum atomic E-state index is 13.5. The number of halogens is 5. The number of hydrogen-bond acceptors (Lipinski definition) is 4. The molecule has 192 valence electrons. The first kappa shape index (κ1) is 26.5. The van der Waals surface area contributed by atoms with Crippen molar-refractivity contribution in [2.45, 2.75) is 18.8 Å². The highest BCUT2D eigenvalue weighted by Gasteiger charge is 2.39. The summed E-state index contributed by atoms with van der Waals surface area (Å²) >= 11 is 12.3. The molecule has 3 aromatic carbocycles. The number of methoxy groups -OCH3 is 1. The van der Waals surface area contributed by atoms with Crippen LogP contribution in [0.5, 0.6) is 5.75 Å². The molecule has 6 nitrogen and oxygen atoms in total. The van der Waals surface area contributed by atoms with Crippen molar-refractivity contribution in [3.63, 3.8) is 0 Å². The van der Waals surface area contributed by atoms with Gasteiger partial charge in [-0.25, -0.2) is 4.99 Å². The van der Waals surface area contributed by atoms with E-state index in [0.717, 1.165) is 0 Å². The maximum Gasteiger partial charge on any atom is 0.406 e. The van der Waals surface area contributed by atoms with Crippen LogP contribution in [0.25, 0.3) is 0 Å². The van der Waals surface area contributed by atoms with Gasteiger partial charge in [-0.15, -0.1) is 0 Å². The molecule has 4 rings (SSSR count). The summed E-state index contributed by atoms with van der Waals surface area (Å²) in [7, 11) is 1.39. The molecular formula is C26H20Cl2F3N3O3. The molecule has 0 unspecified atom stereocenters. The number of amides is 2. The van der Waals surface area contributed by atoms with Gasteiger partial charge in [-0.2, -0.15) is 13.2 Å². The summed E-state index contributed by atoms with van der Waals surface area (Å²) in [6.07, 6.45) is -6.55. The summed E-state index contributed by atoms with van der Waals surface area (Å²) in [5.41, 5.74) is 1.63. The van der Waals surface area contributed by atoms with Gasteiger partial charge in [0.1, 0.15) is 6.54 Å². The van der Waals surface area contributed by atoms with Crippen LogP contribution in [-0.4, -0.2) is 43.5 Å². The lowest BCUT2D eigenvalue weighted by atomic mass is 10.0. The van der Waals surface area contributed by atoms with Gasteiger partial charge in [0.2, 0.25) is 12.1 Å². The number of hydrogen-bond donors (Lipinski definition) is 1. The highest BCUT2D eigenvalue weighted by molar-refractivity contribution is 6.37. The third-order valence-corrected chi connectivity index (χ3v) is 6.08. The molecule has 0 radical (unpaired) electrons. The monoisotopic (exact) mass is 549 g/mol. The summed E-state index contributed by atoms with van der Waals surface area (Å²) in [5, 5.41) is 2.83. The van der Waals surface area contributed by atoms with E-state index in [1.165, 1.54) is 31.4 Å². The molecule has 1 aliphatic rings. The van der Waals surface area contributed by atoms with Gasteiger partial charge in [0.15, 0.2) is 5.75 Å². The predicted molar refractivity (Wildman–Crippen MR) is 136 cm³/mol. The van der Waals surface area contributed by atoms with Crippen LogP contribution in [-0.2, 0) is 16.0 Å². The number of carbonyl (C=O) groups excluding carboxylic acids is 2. The fraction of sp³-hybridized carbons (Fsp3) is 0.192. The highest BCUT2D eigenvalue weighted by atomic mass is 35.5. The number of carbonyl (C=O) groups is 2. The number of alkyl halides is 3. The average Bonchev–Trinajstić information content (AvgIpc) is 2.94. The van der Waals surface area contributed by atoms with Crippen molar-refractivity contribution < 1.29 is 27.5 Å². The Bertz CT molecular complexity index is 1340. The van der Waals surface area contributed by atoms with Crippen molar-refractivity contribution in [1.29, 1.82) is 0 Å². The minimum Gasteiger partial charge on any atom is -0.494 e. The lowest BCUT2D eigenvalue weighted by molar-refractivity contribution is -0.134. The number of fused-ring (bicyclic) bond motifs is 1. The minimum absolute atomic E-state index is 0.0397. The number of benzodiazepines with no additional fused rings is 1. The van der Waals surface area contributed by atoms with Gasteiger partial charge in [0, 0.05) is 11.1 Å². The van der Waals surface area contributed by atoms with Gasteiger partial charge in [0.05, 0.1) is 35.0 Å². The number of ether oxygens (including phenoxy) is 1. The molecule has 0 saturated carbocycles. The number of para-hydroxylation sites is 1. The molecule has 3 aromatic rings. The summed E-state index contributed by atoms with van der Waals surface area (Å²) in [6.45, 7) is -1.55. The maximum absolute atomic E-state index is 13.5. The average molecular weight is 550 g/mol. The van der Waals surface area contributed by atoms with Crippen molar-refractivity contribution in [3.8, 4) is 5.75 Å². The molecular weight excluding hydrogens is 530 g/mol. The van der Waals surface area contributed by atoms with Crippen molar-refractivity contribution in [2.24, 2.45) is 4.99 Å². The van der Waals surface area contributed by atoms with Gasteiger partial charge in [-0.1, -0.05) is 71.7 Å². The quantitative estimate of drug-likeness (QED) is 0.445. The number of nitrogens with one attached hydrogen (secondary N) is 1. The molecule has 1 N–H and O–H groups in total. The fourth-order valence-corrected chi connectivity index (χ4v) is 4.68. The van der Waals surface area contributed by atoms with Gasteiger partial charge in [0.25, 0.3) is 5.91 Å². The zero-order valence-corrected chi connectivity index (χ0v) is 20.9. The van der Waals surface area contributed by atoms with Crippen molar-refractivity contribution in [1.82, 2.24) is 5.32 Å². The molecule has 11 heteroatoms. The number of anilines is 1. The topological polar surface area (TPSA) is 71.0 Å². The second kappa shape index (κ2) is 10.8. The highest BCUT2D eigenvalue weighted by Crippen LogP contribution is 2.34. The first-order valence-electron chi connectivity index (χ1n) is 11.0. The van der Waals surface area contributed by atoms with E-state index >= 15 is 0 Å². The lowest BCUT2D eigenvalue weighted by Gasteiger charge is -2.26. The Morgan fingerprint density at radius 3 is 2.30 bits per heavy atom. The SMILES string of the molecule is COc1c(Cl)cc(CC(=O)N[C@@H]2N=C(c3ccccc3)c3ccccc3N(CC(F)(F)F)C2=O)cc1Cl. The number of nitrogens with zero attached hydrogens (tertiary/aromatic N) is 2. The van der Waals surface area contributed by atoms with Crippen LogP contribution >= 0.6 is 23.2 Å². The molecule has 0 saturated heterocycles. The van der Waals surface area contributed by atoms with Crippen LogP contribution in [0.15, 0.2) is 71.7 Å². The van der Waals surface area contributed by atoms with Crippen LogP contribution in [0.2, 0.25) is 10.0 Å². The molecule has 1 aliphatic heterocycles. The standard InChI is InChI=1S/C26H20Cl2F3N3O3/c1-37-23-18(27)11-15(12-19(23)28)13-21(35)32-24-25(36)34(14-26(29,30)31)20-10-6-5-9-17(20)22(33-24)16-7-3-2-4-8-16/h2-12,24H,13-14H2,1H3,(H,32,35)/t24-/m1/s1. The first-order chi connectivity index (χ1) is 17.6. The third kappa shape index (κ3) is 6.06. The predicted octanol–water partition coefficient (Wildman–Crippen LogP) is 5.43. The molecule has 37 heavy (non-hydrogen) atoms. The van der Waals surface area contributed by atoms with E-state index in [1.54, 1.807) is 42.5 Å². The zero-order chi connectivity index (χ0) is 26.7. The molecule has 0 spiro atoms. The fourth-order valence-electron chi connectivity index (χ4n) is 3.99. The van der Waals surface area contributed by atoms with Crippen LogP contribution in [0.4, 0.5) is 18.9 Å². The Labute approximate surface area is 220 Å². The summed E-state index contributed by atoms with van der Waals surface area (Å²) < 4.78 is 45.7. The Morgan fingerprint density at radius 2 is 1.68 bits per heavy atom. The van der Waals surface area contributed by atoms with E-state index in [4.69, 9.17) is 27.9 Å². The Hall–Kier alpha value is -3.56. The lowest BCUT2D eigenvalue weighted by Crippen LogP contribution is -2.50. The molecule has 1 heterocycles. The Morgan fingerprint density at radius 1 is 1.05 bits per heavy atom. The third-order valence-electron chi connectivity index (χ3n) is 5.52. The molecule has 0 fully saturated rings. The number of rotatable bonds is 6. The summed E-state index contributed by atoms with van der Waals surface area (Å²) in [4.78, 5) is 31.4. The number of benzene rings is 3. The molecule has 0 aromatic heterocycles. The second-order valence-corrected chi connectivity index (χ2v) is 8.95. The van der Waals surface area contributed by atoms with Crippen molar-refractivity contribution in [2.75, 3.05) is 18.6 Å². The molecule has 2 amide bonds. The molecule has 0 aliphatic carbocycles. The van der Waals surface area contributed by atoms with Crippen LogP contribution in [0.3, 0.4) is 0 Å². The van der Waals surface area contributed by atoms with E-state index in [9.17, 15) is 22.8 Å². The number of aliphatic imine (C=N–C) groups is 1. The van der Waals surface area contributed by atoms with Crippen LogP contribution < -0.4 is 15.0 Å². The van der Waals surface area contributed by atoms with Gasteiger partial charge < -0.3 is 10.1 Å². The van der Waals surface area contributed by atoms with Crippen molar-refractivity contribution >= 4 is 46.4 Å². The summed E-state index contributed by atoms with van der Waals surface area (Å²) in [6, 6.07) is 17.8.